The summed E-state index contributed by atoms with van der Waals surface area (Å²) in [5.74, 6) is 2.40. The molecule has 6 rings (SSSR count). The van der Waals surface area contributed by atoms with Crippen LogP contribution in [-0.2, 0) is 6.61 Å². The third-order valence-electron chi connectivity index (χ3n) is 8.61. The van der Waals surface area contributed by atoms with Crippen LogP contribution in [-0.4, -0.2) is 36.8 Å². The average molecular weight is 584 g/mol. The molecular weight excluding hydrogens is 550 g/mol. The maximum absolute atomic E-state index is 9.89. The van der Waals surface area contributed by atoms with Gasteiger partial charge in [-0.2, -0.15) is 5.26 Å². The molecule has 2 fully saturated rings. The topological polar surface area (TPSA) is 101 Å². The first-order valence-corrected chi connectivity index (χ1v) is 14.7. The Morgan fingerprint density at radius 1 is 1.10 bits per heavy atom. The molecule has 0 bridgehead atoms. The molecule has 8 nitrogen and oxygen atoms in total. The van der Waals surface area contributed by atoms with Crippen LogP contribution in [0, 0.1) is 29.6 Å². The van der Waals surface area contributed by atoms with Gasteiger partial charge in [0.25, 0.3) is 0 Å². The van der Waals surface area contributed by atoms with E-state index >= 15 is 0 Å². The lowest BCUT2D eigenvalue weighted by molar-refractivity contribution is 0.0655. The van der Waals surface area contributed by atoms with E-state index in [9.17, 15) is 5.26 Å². The molecular formula is C33H34ClN5O3. The van der Waals surface area contributed by atoms with Crippen molar-refractivity contribution in [3.8, 4) is 23.3 Å². The van der Waals surface area contributed by atoms with Crippen molar-refractivity contribution < 1.29 is 14.2 Å². The molecule has 1 saturated heterocycles. The van der Waals surface area contributed by atoms with E-state index in [1.165, 1.54) is 25.7 Å². The smallest absolute Gasteiger partial charge is 0.163 e. The SMILES string of the molecule is COc1cc2c(Nc3ccc(OCc4ncccc4C)cc3Cl)c(C#N)cnc2cc1OCC1CCC2(CC1)CNC2. The number of aromatic nitrogens is 2. The zero-order chi connectivity index (χ0) is 29.1. The summed E-state index contributed by atoms with van der Waals surface area (Å²) in [6, 6.07) is 15.3. The van der Waals surface area contributed by atoms with Gasteiger partial charge in [0, 0.05) is 43.0 Å². The van der Waals surface area contributed by atoms with Crippen molar-refractivity contribution >= 4 is 33.9 Å². The van der Waals surface area contributed by atoms with E-state index in [-0.39, 0.29) is 0 Å². The molecule has 0 atom stereocenters. The van der Waals surface area contributed by atoms with Crippen LogP contribution in [0.2, 0.25) is 5.02 Å². The van der Waals surface area contributed by atoms with Gasteiger partial charge in [-0.25, -0.2) is 0 Å². The number of benzene rings is 2. The van der Waals surface area contributed by atoms with E-state index in [1.807, 2.05) is 43.3 Å². The van der Waals surface area contributed by atoms with Crippen LogP contribution in [0.4, 0.5) is 11.4 Å². The fourth-order valence-corrected chi connectivity index (χ4v) is 6.05. The van der Waals surface area contributed by atoms with E-state index in [2.05, 4.69) is 26.7 Å². The number of methoxy groups -OCH3 is 1. The first-order valence-electron chi connectivity index (χ1n) is 14.3. The van der Waals surface area contributed by atoms with Crippen molar-refractivity contribution in [2.45, 2.75) is 39.2 Å². The lowest BCUT2D eigenvalue weighted by Gasteiger charge is -2.47. The molecule has 2 aromatic heterocycles. The molecule has 1 spiro atoms. The molecule has 42 heavy (non-hydrogen) atoms. The van der Waals surface area contributed by atoms with Crippen LogP contribution in [0.1, 0.15) is 42.5 Å². The normalized spacial score (nSPS) is 16.0. The number of hydrogen-bond donors (Lipinski definition) is 2. The molecule has 216 valence electrons. The number of nitriles is 1. The Labute approximate surface area is 251 Å². The maximum Gasteiger partial charge on any atom is 0.163 e. The van der Waals surface area contributed by atoms with E-state index in [4.69, 9.17) is 25.8 Å². The second kappa shape index (κ2) is 12.0. The summed E-state index contributed by atoms with van der Waals surface area (Å²) in [4.78, 5) is 8.93. The molecule has 1 saturated carbocycles. The van der Waals surface area contributed by atoms with Crippen LogP contribution >= 0.6 is 11.6 Å². The number of halogens is 1. The summed E-state index contributed by atoms with van der Waals surface area (Å²) in [5, 5.41) is 17.9. The second-order valence-corrected chi connectivity index (χ2v) is 11.8. The van der Waals surface area contributed by atoms with Crippen molar-refractivity contribution in [2.75, 3.05) is 32.1 Å². The minimum Gasteiger partial charge on any atom is -0.493 e. The Bertz CT molecular complexity index is 1640. The van der Waals surface area contributed by atoms with Crippen LogP contribution in [0.3, 0.4) is 0 Å². The fourth-order valence-electron chi connectivity index (χ4n) is 5.83. The van der Waals surface area contributed by atoms with Crippen LogP contribution in [0.15, 0.2) is 54.9 Å². The van der Waals surface area contributed by atoms with Gasteiger partial charge in [0.1, 0.15) is 18.4 Å². The lowest BCUT2D eigenvalue weighted by atomic mass is 9.67. The van der Waals surface area contributed by atoms with Crippen LogP contribution in [0.25, 0.3) is 10.9 Å². The van der Waals surface area contributed by atoms with Crippen LogP contribution in [0.5, 0.6) is 17.2 Å². The number of hydrogen-bond acceptors (Lipinski definition) is 8. The van der Waals surface area contributed by atoms with Gasteiger partial charge in [0.15, 0.2) is 11.5 Å². The summed E-state index contributed by atoms with van der Waals surface area (Å²) < 4.78 is 18.0. The fraction of sp³-hybridized carbons (Fsp3) is 0.364. The van der Waals surface area contributed by atoms with Gasteiger partial charge in [-0.05, 0) is 73.8 Å². The predicted octanol–water partition coefficient (Wildman–Crippen LogP) is 6.95. The first kappa shape index (κ1) is 28.1. The lowest BCUT2D eigenvalue weighted by Crippen LogP contribution is -2.55. The van der Waals surface area contributed by atoms with Gasteiger partial charge >= 0.3 is 0 Å². The summed E-state index contributed by atoms with van der Waals surface area (Å²) in [6.45, 7) is 5.30. The number of anilines is 2. The molecule has 1 aliphatic carbocycles. The third kappa shape index (κ3) is 5.80. The molecule has 0 radical (unpaired) electrons. The zero-order valence-electron chi connectivity index (χ0n) is 23.9. The number of pyridine rings is 2. The standard InChI is InChI=1S/C33H34ClN5O3/c1-21-4-3-11-37-29(21)18-41-24-5-6-27(26(34)12-24)39-32-23(15-35)16-38-28-14-31(30(40-2)13-25(28)32)42-17-22-7-9-33(10-8-22)19-36-20-33/h3-6,11-14,16,22,36H,7-10,17-20H2,1-2H3,(H,38,39). The Morgan fingerprint density at radius 2 is 1.93 bits per heavy atom. The number of rotatable bonds is 9. The Morgan fingerprint density at radius 3 is 2.62 bits per heavy atom. The van der Waals surface area contributed by atoms with Crippen molar-refractivity contribution in [1.29, 1.82) is 5.26 Å². The van der Waals surface area contributed by atoms with Crippen molar-refractivity contribution in [2.24, 2.45) is 11.3 Å². The molecule has 9 heteroatoms. The van der Waals surface area contributed by atoms with E-state index in [0.717, 1.165) is 29.7 Å². The Balaban J connectivity index is 1.20. The highest BCUT2D eigenvalue weighted by Crippen LogP contribution is 2.43. The van der Waals surface area contributed by atoms with Gasteiger partial charge < -0.3 is 24.8 Å². The molecule has 0 unspecified atom stereocenters. The maximum atomic E-state index is 9.89. The van der Waals surface area contributed by atoms with E-state index in [1.54, 1.807) is 25.6 Å². The summed E-state index contributed by atoms with van der Waals surface area (Å²) >= 11 is 6.66. The van der Waals surface area contributed by atoms with E-state index < -0.39 is 0 Å². The molecule has 2 aromatic carbocycles. The average Bonchev–Trinajstić information content (AvgIpc) is 3.00. The van der Waals surface area contributed by atoms with Crippen LogP contribution < -0.4 is 24.8 Å². The number of fused-ring (bicyclic) bond motifs is 1. The number of nitrogens with zero attached hydrogens (tertiary/aromatic N) is 3. The molecule has 1 aliphatic heterocycles. The summed E-state index contributed by atoms with van der Waals surface area (Å²) in [5.41, 5.74) is 4.77. The van der Waals surface area contributed by atoms with Crippen molar-refractivity contribution in [3.05, 3.63) is 76.7 Å². The molecule has 2 aliphatic rings. The van der Waals surface area contributed by atoms with E-state index in [0.29, 0.717) is 69.3 Å². The molecule has 0 amide bonds. The largest absolute Gasteiger partial charge is 0.493 e. The minimum atomic E-state index is 0.340. The highest BCUT2D eigenvalue weighted by molar-refractivity contribution is 6.33. The van der Waals surface area contributed by atoms with Crippen molar-refractivity contribution in [1.82, 2.24) is 15.3 Å². The predicted molar refractivity (Wildman–Crippen MR) is 164 cm³/mol. The highest BCUT2D eigenvalue weighted by atomic mass is 35.5. The minimum absolute atomic E-state index is 0.340. The number of ether oxygens (including phenoxy) is 3. The van der Waals surface area contributed by atoms with Gasteiger partial charge in [0.2, 0.25) is 0 Å². The van der Waals surface area contributed by atoms with Gasteiger partial charge in [-0.15, -0.1) is 0 Å². The quantitative estimate of drug-likeness (QED) is 0.218. The number of aryl methyl sites for hydroxylation is 1. The summed E-state index contributed by atoms with van der Waals surface area (Å²) in [7, 11) is 1.62. The molecule has 4 aromatic rings. The monoisotopic (exact) mass is 583 g/mol. The third-order valence-corrected chi connectivity index (χ3v) is 8.92. The zero-order valence-corrected chi connectivity index (χ0v) is 24.6. The Kier molecular flexibility index (Phi) is 8.05. The van der Waals surface area contributed by atoms with Gasteiger partial charge in [0.05, 0.1) is 46.9 Å². The van der Waals surface area contributed by atoms with Gasteiger partial charge in [-0.1, -0.05) is 17.7 Å². The number of nitrogens with one attached hydrogen (secondary N) is 2. The van der Waals surface area contributed by atoms with Crippen molar-refractivity contribution in [3.63, 3.8) is 0 Å². The molecule has 3 heterocycles. The second-order valence-electron chi connectivity index (χ2n) is 11.4. The Hall–Kier alpha value is -4.06. The van der Waals surface area contributed by atoms with Gasteiger partial charge in [-0.3, -0.25) is 9.97 Å². The first-order chi connectivity index (χ1) is 20.5. The molecule has 2 N–H and O–H groups in total. The highest BCUT2D eigenvalue weighted by Gasteiger charge is 2.40. The summed E-state index contributed by atoms with van der Waals surface area (Å²) in [6.07, 6.45) is 8.20.